The SMILES string of the molecule is Cc1ccc(OCC(=O)N2CCC(NC(=O)COc3ccc(Cl)cc3)CC2)cc1C. The summed E-state index contributed by atoms with van der Waals surface area (Å²) >= 11 is 5.83. The lowest BCUT2D eigenvalue weighted by Crippen LogP contribution is -2.48. The number of carbonyl (C=O) groups excluding carboxylic acids is 2. The zero-order valence-corrected chi connectivity index (χ0v) is 18.1. The molecule has 1 aliphatic heterocycles. The Hall–Kier alpha value is -2.73. The summed E-state index contributed by atoms with van der Waals surface area (Å²) < 4.78 is 11.1. The number of amides is 2. The van der Waals surface area contributed by atoms with E-state index in [4.69, 9.17) is 21.1 Å². The summed E-state index contributed by atoms with van der Waals surface area (Å²) in [6.07, 6.45) is 1.42. The maximum atomic E-state index is 12.4. The summed E-state index contributed by atoms with van der Waals surface area (Å²) in [5.41, 5.74) is 2.33. The lowest BCUT2D eigenvalue weighted by atomic mass is 10.1. The predicted octanol–water partition coefficient (Wildman–Crippen LogP) is 3.52. The first-order chi connectivity index (χ1) is 14.4. The van der Waals surface area contributed by atoms with Crippen molar-refractivity contribution in [3.8, 4) is 11.5 Å². The van der Waals surface area contributed by atoms with Crippen LogP contribution in [0.2, 0.25) is 5.02 Å². The van der Waals surface area contributed by atoms with Gasteiger partial charge in [0, 0.05) is 24.2 Å². The number of nitrogens with zero attached hydrogens (tertiary/aromatic N) is 1. The van der Waals surface area contributed by atoms with Crippen molar-refractivity contribution in [2.24, 2.45) is 0 Å². The van der Waals surface area contributed by atoms with Crippen LogP contribution in [0.15, 0.2) is 42.5 Å². The Morgan fingerprint density at radius 1 is 0.967 bits per heavy atom. The minimum absolute atomic E-state index is 0.0223. The maximum Gasteiger partial charge on any atom is 0.260 e. The van der Waals surface area contributed by atoms with Crippen molar-refractivity contribution in [3.05, 3.63) is 58.6 Å². The summed E-state index contributed by atoms with van der Waals surface area (Å²) in [5, 5.41) is 3.59. The van der Waals surface area contributed by atoms with Gasteiger partial charge in [0.2, 0.25) is 0 Å². The third-order valence-corrected chi connectivity index (χ3v) is 5.49. The van der Waals surface area contributed by atoms with E-state index in [1.165, 1.54) is 5.56 Å². The fraction of sp³-hybridized carbons (Fsp3) is 0.391. The summed E-state index contributed by atoms with van der Waals surface area (Å²) in [6.45, 7) is 5.22. The highest BCUT2D eigenvalue weighted by molar-refractivity contribution is 6.30. The second kappa shape index (κ2) is 10.3. The number of hydrogen-bond acceptors (Lipinski definition) is 4. The molecule has 0 aromatic heterocycles. The van der Waals surface area contributed by atoms with Crippen molar-refractivity contribution in [3.63, 3.8) is 0 Å². The topological polar surface area (TPSA) is 67.9 Å². The molecule has 160 valence electrons. The van der Waals surface area contributed by atoms with Crippen molar-refractivity contribution in [2.45, 2.75) is 32.7 Å². The van der Waals surface area contributed by atoms with Crippen LogP contribution in [-0.2, 0) is 9.59 Å². The Balaban J connectivity index is 1.36. The van der Waals surface area contributed by atoms with Gasteiger partial charge in [-0.2, -0.15) is 0 Å². The molecule has 0 saturated carbocycles. The van der Waals surface area contributed by atoms with Crippen LogP contribution in [0.25, 0.3) is 0 Å². The Kier molecular flexibility index (Phi) is 7.57. The van der Waals surface area contributed by atoms with Crippen molar-refractivity contribution >= 4 is 23.4 Å². The van der Waals surface area contributed by atoms with E-state index in [-0.39, 0.29) is 31.1 Å². The lowest BCUT2D eigenvalue weighted by molar-refractivity contribution is -0.134. The molecule has 0 bridgehead atoms. The highest BCUT2D eigenvalue weighted by atomic mass is 35.5. The summed E-state index contributed by atoms with van der Waals surface area (Å²) in [5.74, 6) is 1.09. The quantitative estimate of drug-likeness (QED) is 0.729. The summed E-state index contributed by atoms with van der Waals surface area (Å²) in [6, 6.07) is 12.7. The van der Waals surface area contributed by atoms with E-state index >= 15 is 0 Å². The molecular formula is C23H27ClN2O4. The van der Waals surface area contributed by atoms with Gasteiger partial charge in [-0.3, -0.25) is 9.59 Å². The fourth-order valence-electron chi connectivity index (χ4n) is 3.26. The zero-order valence-electron chi connectivity index (χ0n) is 17.3. The van der Waals surface area contributed by atoms with Crippen molar-refractivity contribution in [1.29, 1.82) is 0 Å². The number of benzene rings is 2. The number of aryl methyl sites for hydroxylation is 2. The molecule has 1 N–H and O–H groups in total. The average Bonchev–Trinajstić information content (AvgIpc) is 2.74. The van der Waals surface area contributed by atoms with Crippen LogP contribution in [0.1, 0.15) is 24.0 Å². The van der Waals surface area contributed by atoms with Gasteiger partial charge in [-0.1, -0.05) is 17.7 Å². The molecule has 1 heterocycles. The van der Waals surface area contributed by atoms with Gasteiger partial charge < -0.3 is 19.7 Å². The highest BCUT2D eigenvalue weighted by Gasteiger charge is 2.24. The number of piperidine rings is 1. The van der Waals surface area contributed by atoms with Gasteiger partial charge >= 0.3 is 0 Å². The van der Waals surface area contributed by atoms with E-state index in [2.05, 4.69) is 5.32 Å². The Bertz CT molecular complexity index is 877. The molecule has 30 heavy (non-hydrogen) atoms. The number of nitrogens with one attached hydrogen (secondary N) is 1. The molecule has 7 heteroatoms. The molecule has 0 unspecified atom stereocenters. The molecule has 0 atom stereocenters. The summed E-state index contributed by atoms with van der Waals surface area (Å²) in [4.78, 5) is 26.3. The van der Waals surface area contributed by atoms with Crippen LogP contribution in [0, 0.1) is 13.8 Å². The van der Waals surface area contributed by atoms with E-state index in [0.29, 0.717) is 42.5 Å². The lowest BCUT2D eigenvalue weighted by Gasteiger charge is -2.32. The number of carbonyl (C=O) groups is 2. The van der Waals surface area contributed by atoms with Gasteiger partial charge in [-0.25, -0.2) is 0 Å². The monoisotopic (exact) mass is 430 g/mol. The molecule has 3 rings (SSSR count). The molecule has 2 aromatic rings. The van der Waals surface area contributed by atoms with E-state index in [1.807, 2.05) is 32.0 Å². The standard InChI is InChI=1S/C23H27ClN2O4/c1-16-3-6-21(13-17(16)2)30-15-23(28)26-11-9-19(10-12-26)25-22(27)14-29-20-7-4-18(24)5-8-20/h3-8,13,19H,9-12,14-15H2,1-2H3,(H,25,27). The van der Waals surface area contributed by atoms with E-state index in [0.717, 1.165) is 5.56 Å². The normalized spacial score (nSPS) is 14.3. The van der Waals surface area contributed by atoms with Crippen LogP contribution in [-0.4, -0.2) is 49.1 Å². The highest BCUT2D eigenvalue weighted by Crippen LogP contribution is 2.18. The van der Waals surface area contributed by atoms with Gasteiger partial charge in [0.25, 0.3) is 11.8 Å². The summed E-state index contributed by atoms with van der Waals surface area (Å²) in [7, 11) is 0. The molecule has 2 aromatic carbocycles. The smallest absolute Gasteiger partial charge is 0.260 e. The van der Waals surface area contributed by atoms with Crippen LogP contribution < -0.4 is 14.8 Å². The minimum atomic E-state index is -0.173. The second-order valence-corrected chi connectivity index (χ2v) is 7.94. The number of likely N-dealkylation sites (tertiary alicyclic amines) is 1. The third-order valence-electron chi connectivity index (χ3n) is 5.24. The van der Waals surface area contributed by atoms with Gasteiger partial charge in [0.05, 0.1) is 0 Å². The molecule has 0 aliphatic carbocycles. The van der Waals surface area contributed by atoms with Gasteiger partial charge in [-0.15, -0.1) is 0 Å². The zero-order chi connectivity index (χ0) is 21.5. The first-order valence-corrected chi connectivity index (χ1v) is 10.4. The van der Waals surface area contributed by atoms with Crippen LogP contribution in [0.4, 0.5) is 0 Å². The number of hydrogen-bond donors (Lipinski definition) is 1. The predicted molar refractivity (Wildman–Crippen MR) is 116 cm³/mol. The second-order valence-electron chi connectivity index (χ2n) is 7.50. The Morgan fingerprint density at radius 3 is 2.27 bits per heavy atom. The first kappa shape index (κ1) is 22.0. The molecule has 6 nitrogen and oxygen atoms in total. The third kappa shape index (κ3) is 6.39. The maximum absolute atomic E-state index is 12.4. The van der Waals surface area contributed by atoms with Gasteiger partial charge in [0.15, 0.2) is 13.2 Å². The minimum Gasteiger partial charge on any atom is -0.484 e. The van der Waals surface area contributed by atoms with E-state index in [9.17, 15) is 9.59 Å². The molecule has 0 spiro atoms. The van der Waals surface area contributed by atoms with E-state index < -0.39 is 0 Å². The average molecular weight is 431 g/mol. The number of ether oxygens (including phenoxy) is 2. The molecule has 1 saturated heterocycles. The van der Waals surface area contributed by atoms with Crippen LogP contribution in [0.5, 0.6) is 11.5 Å². The molecule has 0 radical (unpaired) electrons. The molecule has 2 amide bonds. The van der Waals surface area contributed by atoms with Crippen LogP contribution in [0.3, 0.4) is 0 Å². The first-order valence-electron chi connectivity index (χ1n) is 10.1. The van der Waals surface area contributed by atoms with Crippen LogP contribution >= 0.6 is 11.6 Å². The van der Waals surface area contributed by atoms with Gasteiger partial charge in [-0.05, 0) is 74.2 Å². The number of halogens is 1. The molecular weight excluding hydrogens is 404 g/mol. The van der Waals surface area contributed by atoms with Crippen molar-refractivity contribution in [2.75, 3.05) is 26.3 Å². The number of rotatable bonds is 7. The van der Waals surface area contributed by atoms with Crippen molar-refractivity contribution < 1.29 is 19.1 Å². The Morgan fingerprint density at radius 2 is 1.60 bits per heavy atom. The fourth-order valence-corrected chi connectivity index (χ4v) is 3.39. The molecule has 1 fully saturated rings. The molecule has 1 aliphatic rings. The largest absolute Gasteiger partial charge is 0.484 e. The van der Waals surface area contributed by atoms with E-state index in [1.54, 1.807) is 29.2 Å². The van der Waals surface area contributed by atoms with Crippen molar-refractivity contribution in [1.82, 2.24) is 10.2 Å². The Labute approximate surface area is 182 Å². The van der Waals surface area contributed by atoms with Gasteiger partial charge in [0.1, 0.15) is 11.5 Å².